The molecule has 3 aromatic rings. The van der Waals surface area contributed by atoms with Crippen LogP contribution >= 0.6 is 0 Å². The van der Waals surface area contributed by atoms with Crippen LogP contribution in [0, 0.1) is 35.2 Å². The van der Waals surface area contributed by atoms with Gasteiger partial charge in [0.25, 0.3) is 0 Å². The van der Waals surface area contributed by atoms with Gasteiger partial charge in [-0.15, -0.1) is 0 Å². The molecule has 3 aromatic carbocycles. The summed E-state index contributed by atoms with van der Waals surface area (Å²) >= 11 is 0. The third kappa shape index (κ3) is 6.22. The van der Waals surface area contributed by atoms with Crippen molar-refractivity contribution in [1.82, 2.24) is 0 Å². The maximum atomic E-state index is 15.3. The van der Waals surface area contributed by atoms with Crippen molar-refractivity contribution in [3.8, 4) is 28.0 Å². The van der Waals surface area contributed by atoms with Crippen molar-refractivity contribution < 1.29 is 17.9 Å². The van der Waals surface area contributed by atoms with Crippen LogP contribution in [0.2, 0.25) is 0 Å². The minimum absolute atomic E-state index is 0.129. The second-order valence-electron chi connectivity index (χ2n) is 11.4. The summed E-state index contributed by atoms with van der Waals surface area (Å²) in [5.74, 6) is 0.134. The van der Waals surface area contributed by atoms with Crippen LogP contribution < -0.4 is 4.74 Å². The number of ether oxygens (including phenoxy) is 1. The molecule has 0 aliphatic heterocycles. The first-order chi connectivity index (χ1) is 19.5. The van der Waals surface area contributed by atoms with Gasteiger partial charge in [-0.05, 0) is 110 Å². The van der Waals surface area contributed by atoms with Crippen molar-refractivity contribution in [1.29, 1.82) is 0 Å². The predicted octanol–water partition coefficient (Wildman–Crippen LogP) is 10.8. The minimum atomic E-state index is -1.01. The van der Waals surface area contributed by atoms with E-state index in [1.54, 1.807) is 18.2 Å². The summed E-state index contributed by atoms with van der Waals surface area (Å²) in [4.78, 5) is 0. The Kier molecular flexibility index (Phi) is 9.14. The third-order valence-electron chi connectivity index (χ3n) is 9.10. The number of halogens is 3. The number of allylic oxidation sites excluding steroid dienone is 4. The van der Waals surface area contributed by atoms with E-state index in [0.717, 1.165) is 53.7 Å². The summed E-state index contributed by atoms with van der Waals surface area (Å²) in [7, 11) is 1.30. The smallest absolute Gasteiger partial charge is 0.201 e. The quantitative estimate of drug-likeness (QED) is 0.256. The van der Waals surface area contributed by atoms with Crippen LogP contribution in [-0.2, 0) is 0 Å². The van der Waals surface area contributed by atoms with Crippen molar-refractivity contribution in [2.75, 3.05) is 7.11 Å². The fraction of sp³-hybridized carbons (Fsp3) is 0.389. The molecule has 4 heteroatoms. The Morgan fingerprint density at radius 2 is 1.48 bits per heavy atom. The van der Waals surface area contributed by atoms with Gasteiger partial charge in [0, 0.05) is 11.1 Å². The van der Waals surface area contributed by atoms with E-state index in [1.165, 1.54) is 57.8 Å². The molecule has 1 atom stereocenters. The van der Waals surface area contributed by atoms with Crippen molar-refractivity contribution in [2.45, 2.75) is 64.7 Å². The van der Waals surface area contributed by atoms with E-state index in [4.69, 9.17) is 4.74 Å². The van der Waals surface area contributed by atoms with E-state index < -0.39 is 11.6 Å². The van der Waals surface area contributed by atoms with Crippen LogP contribution in [0.3, 0.4) is 0 Å². The number of methoxy groups -OCH3 is 1. The number of benzene rings is 3. The Balaban J connectivity index is 1.22. The zero-order valence-electron chi connectivity index (χ0n) is 23.6. The highest BCUT2D eigenvalue weighted by atomic mass is 19.2. The monoisotopic (exact) mass is 544 g/mol. The van der Waals surface area contributed by atoms with Gasteiger partial charge >= 0.3 is 0 Å². The highest BCUT2D eigenvalue weighted by Gasteiger charge is 2.29. The minimum Gasteiger partial charge on any atom is -0.494 e. The van der Waals surface area contributed by atoms with E-state index in [9.17, 15) is 8.78 Å². The van der Waals surface area contributed by atoms with E-state index in [2.05, 4.69) is 25.2 Å². The fourth-order valence-corrected chi connectivity index (χ4v) is 6.68. The average Bonchev–Trinajstić information content (AvgIpc) is 2.99. The lowest BCUT2D eigenvalue weighted by Crippen LogP contribution is -2.23. The first kappa shape index (κ1) is 28.3. The molecule has 0 bridgehead atoms. The molecule has 0 saturated heterocycles. The van der Waals surface area contributed by atoms with Gasteiger partial charge in [0.2, 0.25) is 5.82 Å². The summed E-state index contributed by atoms with van der Waals surface area (Å²) in [5.41, 5.74) is 4.10. The maximum Gasteiger partial charge on any atom is 0.201 e. The molecule has 1 fully saturated rings. The first-order valence-corrected chi connectivity index (χ1v) is 14.7. The molecule has 0 radical (unpaired) electrons. The maximum absolute atomic E-state index is 15.3. The lowest BCUT2D eigenvalue weighted by atomic mass is 9.70. The summed E-state index contributed by atoms with van der Waals surface area (Å²) in [5, 5.41) is 0. The van der Waals surface area contributed by atoms with Crippen molar-refractivity contribution in [3.05, 3.63) is 95.8 Å². The molecule has 2 aliphatic rings. The van der Waals surface area contributed by atoms with Crippen LogP contribution in [0.15, 0.2) is 72.8 Å². The Labute approximate surface area is 236 Å². The summed E-state index contributed by atoms with van der Waals surface area (Å²) < 4.78 is 48.8. The van der Waals surface area contributed by atoms with Gasteiger partial charge in [-0.2, -0.15) is 4.39 Å². The summed E-state index contributed by atoms with van der Waals surface area (Å²) in [6.45, 7) is 2.10. The lowest BCUT2D eigenvalue weighted by molar-refractivity contribution is 0.190. The van der Waals surface area contributed by atoms with Crippen LogP contribution in [0.25, 0.3) is 27.8 Å². The topological polar surface area (TPSA) is 9.23 Å². The molecule has 210 valence electrons. The third-order valence-corrected chi connectivity index (χ3v) is 9.10. The molecule has 2 aliphatic carbocycles. The zero-order valence-corrected chi connectivity index (χ0v) is 23.6. The standard InChI is InChI=1S/C36H39F3O/c1-3-4-5-6-24-7-9-25(10-8-24)26-11-15-28(16-12-26)31-20-19-30(23-33(31)37)27-13-17-29(18-14-27)32-21-22-34(40-2)36(39)35(32)38/h3-4,13-15,17-26H,5-12,16H2,1-2H3/b4-3+. The fourth-order valence-electron chi connectivity index (χ4n) is 6.68. The van der Waals surface area contributed by atoms with Crippen LogP contribution in [0.5, 0.6) is 5.75 Å². The van der Waals surface area contributed by atoms with Crippen LogP contribution in [0.1, 0.15) is 70.3 Å². The van der Waals surface area contributed by atoms with E-state index in [1.807, 2.05) is 24.3 Å². The molecule has 40 heavy (non-hydrogen) atoms. The molecule has 0 spiro atoms. The number of hydrogen-bond acceptors (Lipinski definition) is 1. The first-order valence-electron chi connectivity index (χ1n) is 14.7. The largest absolute Gasteiger partial charge is 0.494 e. The van der Waals surface area contributed by atoms with Crippen molar-refractivity contribution >= 4 is 5.57 Å². The predicted molar refractivity (Wildman–Crippen MR) is 159 cm³/mol. The molecule has 1 unspecified atom stereocenters. The van der Waals surface area contributed by atoms with Gasteiger partial charge in [0.05, 0.1) is 7.11 Å². The Hall–Kier alpha value is -3.27. The highest BCUT2D eigenvalue weighted by Crippen LogP contribution is 2.42. The summed E-state index contributed by atoms with van der Waals surface area (Å²) in [6.07, 6.45) is 17.8. The van der Waals surface area contributed by atoms with Crippen molar-refractivity contribution in [3.63, 3.8) is 0 Å². The molecule has 0 aromatic heterocycles. The van der Waals surface area contributed by atoms with Gasteiger partial charge in [0.1, 0.15) is 5.82 Å². The molecular formula is C36H39F3O. The van der Waals surface area contributed by atoms with Crippen LogP contribution in [-0.4, -0.2) is 7.11 Å². The number of hydrogen-bond donors (Lipinski definition) is 0. The Morgan fingerprint density at radius 3 is 2.12 bits per heavy atom. The lowest BCUT2D eigenvalue weighted by Gasteiger charge is -2.35. The average molecular weight is 545 g/mol. The van der Waals surface area contributed by atoms with E-state index in [-0.39, 0.29) is 17.1 Å². The van der Waals surface area contributed by atoms with Crippen molar-refractivity contribution in [2.24, 2.45) is 17.8 Å². The van der Waals surface area contributed by atoms with E-state index >= 15 is 4.39 Å². The van der Waals surface area contributed by atoms with Gasteiger partial charge < -0.3 is 4.74 Å². The Bertz CT molecular complexity index is 1360. The summed E-state index contributed by atoms with van der Waals surface area (Å²) in [6, 6.07) is 15.4. The van der Waals surface area contributed by atoms with Gasteiger partial charge in [0.15, 0.2) is 11.6 Å². The molecule has 0 N–H and O–H groups in total. The van der Waals surface area contributed by atoms with Gasteiger partial charge in [-0.1, -0.05) is 67.5 Å². The number of rotatable bonds is 8. The normalized spacial score (nSPS) is 21.4. The molecule has 0 amide bonds. The van der Waals surface area contributed by atoms with Gasteiger partial charge in [-0.25, -0.2) is 8.78 Å². The van der Waals surface area contributed by atoms with E-state index in [0.29, 0.717) is 11.1 Å². The van der Waals surface area contributed by atoms with Gasteiger partial charge in [-0.3, -0.25) is 0 Å². The highest BCUT2D eigenvalue weighted by molar-refractivity contribution is 5.74. The molecule has 1 nitrogen and oxygen atoms in total. The molecular weight excluding hydrogens is 505 g/mol. The molecule has 0 heterocycles. The SMILES string of the molecule is C/C=C/CCC1CCC(C2CC=C(c3ccc(-c4ccc(-c5ccc(OC)c(F)c5F)cc4)cc3F)CC2)CC1. The van der Waals surface area contributed by atoms with Crippen LogP contribution in [0.4, 0.5) is 13.2 Å². The second-order valence-corrected chi connectivity index (χ2v) is 11.4. The molecule has 1 saturated carbocycles. The molecule has 5 rings (SSSR count). The Morgan fingerprint density at radius 1 is 0.775 bits per heavy atom. The second kappa shape index (κ2) is 12.9. The zero-order chi connectivity index (χ0) is 28.1.